The van der Waals surface area contributed by atoms with E-state index in [0.29, 0.717) is 12.1 Å². The van der Waals surface area contributed by atoms with Crippen LogP contribution in [0.3, 0.4) is 0 Å². The predicted octanol–water partition coefficient (Wildman–Crippen LogP) is 1.25. The monoisotopic (exact) mass is 308 g/mol. The third-order valence-corrected chi connectivity index (χ3v) is 3.02. The van der Waals surface area contributed by atoms with Gasteiger partial charge in [-0.05, 0) is 25.1 Å². The Labute approximate surface area is 128 Å². The summed E-state index contributed by atoms with van der Waals surface area (Å²) >= 11 is 0. The highest BCUT2D eigenvalue weighted by Gasteiger charge is 2.35. The van der Waals surface area contributed by atoms with Crippen molar-refractivity contribution in [2.45, 2.75) is 25.8 Å². The number of carbonyl (C=O) groups excluding carboxylic acids is 2. The van der Waals surface area contributed by atoms with Gasteiger partial charge in [-0.25, -0.2) is 4.79 Å². The number of nitrogens with one attached hydrogen (secondary N) is 2. The number of aliphatic carboxylic acids is 1. The van der Waals surface area contributed by atoms with E-state index in [4.69, 9.17) is 4.74 Å². The second-order valence-electron chi connectivity index (χ2n) is 5.01. The van der Waals surface area contributed by atoms with E-state index in [0.717, 1.165) is 0 Å². The number of ether oxygens (including phenoxy) is 1. The second-order valence-corrected chi connectivity index (χ2v) is 5.01. The molecule has 0 radical (unpaired) electrons. The second kappa shape index (κ2) is 7.56. The third-order valence-electron chi connectivity index (χ3n) is 3.02. The van der Waals surface area contributed by atoms with Gasteiger partial charge in [0.2, 0.25) is 5.91 Å². The average Bonchev–Trinajstić information content (AvgIpc) is 2.47. The summed E-state index contributed by atoms with van der Waals surface area (Å²) in [4.78, 5) is 34.8. The maximum Gasteiger partial charge on any atom is 0.331 e. The van der Waals surface area contributed by atoms with Gasteiger partial charge in [0.1, 0.15) is 0 Å². The van der Waals surface area contributed by atoms with Gasteiger partial charge in [-0.3, -0.25) is 9.59 Å². The molecule has 0 aliphatic rings. The fourth-order valence-electron chi connectivity index (χ4n) is 1.75. The quantitative estimate of drug-likeness (QED) is 0.703. The van der Waals surface area contributed by atoms with Crippen molar-refractivity contribution < 1.29 is 24.2 Å². The van der Waals surface area contributed by atoms with Crippen molar-refractivity contribution in [1.82, 2.24) is 5.32 Å². The number of carboxylic acids is 1. The smallest absolute Gasteiger partial charge is 0.331 e. The van der Waals surface area contributed by atoms with Gasteiger partial charge in [-0.2, -0.15) is 0 Å². The average molecular weight is 308 g/mol. The lowest BCUT2D eigenvalue weighted by Gasteiger charge is -2.25. The lowest BCUT2D eigenvalue weighted by Crippen LogP contribution is -2.55. The Bertz CT molecular complexity index is 573. The molecule has 7 nitrogen and oxygen atoms in total. The van der Waals surface area contributed by atoms with E-state index in [2.05, 4.69) is 10.6 Å². The minimum atomic E-state index is -1.53. The first-order valence-corrected chi connectivity index (χ1v) is 6.77. The Morgan fingerprint density at radius 1 is 1.32 bits per heavy atom. The van der Waals surface area contributed by atoms with E-state index in [1.54, 1.807) is 19.1 Å². The summed E-state index contributed by atoms with van der Waals surface area (Å²) in [5.74, 6) is -1.93. The van der Waals surface area contributed by atoms with E-state index >= 15 is 0 Å². The fraction of sp³-hybridized carbons (Fsp3) is 0.400. The van der Waals surface area contributed by atoms with Gasteiger partial charge in [0.05, 0.1) is 6.61 Å². The molecule has 0 fully saturated rings. The molecular weight excluding hydrogens is 288 g/mol. The number of hydrogen-bond acceptors (Lipinski definition) is 4. The van der Waals surface area contributed by atoms with E-state index in [1.165, 1.54) is 26.2 Å². The molecular formula is C15H20N2O5. The van der Waals surface area contributed by atoms with Crippen LogP contribution < -0.4 is 10.6 Å². The minimum absolute atomic E-state index is 0.166. The van der Waals surface area contributed by atoms with Crippen LogP contribution in [0.1, 0.15) is 30.6 Å². The van der Waals surface area contributed by atoms with Crippen LogP contribution in [-0.2, 0) is 14.3 Å². The highest BCUT2D eigenvalue weighted by molar-refractivity contribution is 5.99. The number of methoxy groups -OCH3 is 1. The van der Waals surface area contributed by atoms with Crippen molar-refractivity contribution in [3.05, 3.63) is 29.8 Å². The van der Waals surface area contributed by atoms with Crippen LogP contribution in [0.2, 0.25) is 0 Å². The molecule has 1 aromatic carbocycles. The fourth-order valence-corrected chi connectivity index (χ4v) is 1.75. The van der Waals surface area contributed by atoms with Crippen LogP contribution >= 0.6 is 0 Å². The summed E-state index contributed by atoms with van der Waals surface area (Å²) < 4.78 is 4.84. The summed E-state index contributed by atoms with van der Waals surface area (Å²) in [6.07, 6.45) is 0.321. The first kappa shape index (κ1) is 17.6. The molecule has 7 heteroatoms. The molecule has 0 aliphatic carbocycles. The SMILES string of the molecule is CCC(=O)Nc1cccc(C(=O)NC(C)(COC)C(=O)O)c1. The Morgan fingerprint density at radius 3 is 2.55 bits per heavy atom. The van der Waals surface area contributed by atoms with E-state index in [1.807, 2.05) is 0 Å². The van der Waals surface area contributed by atoms with E-state index in [-0.39, 0.29) is 18.1 Å². The Balaban J connectivity index is 2.91. The number of amides is 2. The van der Waals surface area contributed by atoms with E-state index < -0.39 is 17.4 Å². The summed E-state index contributed by atoms with van der Waals surface area (Å²) in [6.45, 7) is 2.91. The molecule has 1 rings (SSSR count). The standard InChI is InChI=1S/C15H20N2O5/c1-4-12(18)16-11-7-5-6-10(8-11)13(19)17-15(2,9-22-3)14(20)21/h5-8H,4,9H2,1-3H3,(H,16,18)(H,17,19)(H,20,21). The number of rotatable bonds is 7. The molecule has 1 unspecified atom stereocenters. The van der Waals surface area contributed by atoms with E-state index in [9.17, 15) is 19.5 Å². The van der Waals surface area contributed by atoms with Crippen LogP contribution in [0.15, 0.2) is 24.3 Å². The van der Waals surface area contributed by atoms with Crippen molar-refractivity contribution in [1.29, 1.82) is 0 Å². The third kappa shape index (κ3) is 4.56. The van der Waals surface area contributed by atoms with Crippen molar-refractivity contribution >= 4 is 23.5 Å². The van der Waals surface area contributed by atoms with Gasteiger partial charge >= 0.3 is 5.97 Å². The Kier molecular flexibility index (Phi) is 6.06. The number of benzene rings is 1. The molecule has 0 saturated carbocycles. The highest BCUT2D eigenvalue weighted by atomic mass is 16.5. The van der Waals surface area contributed by atoms with Crippen molar-refractivity contribution in [2.24, 2.45) is 0 Å². The van der Waals surface area contributed by atoms with Crippen LogP contribution in [0, 0.1) is 0 Å². The maximum atomic E-state index is 12.2. The zero-order valence-corrected chi connectivity index (χ0v) is 12.8. The minimum Gasteiger partial charge on any atom is -0.479 e. The van der Waals surface area contributed by atoms with Crippen LogP contribution in [0.25, 0.3) is 0 Å². The Morgan fingerprint density at radius 2 is 2.00 bits per heavy atom. The van der Waals surface area contributed by atoms with Gasteiger partial charge < -0.3 is 20.5 Å². The summed E-state index contributed by atoms with van der Waals surface area (Å²) in [6, 6.07) is 6.27. The molecule has 2 amide bonds. The number of carboxylic acid groups (broad SMARTS) is 1. The molecule has 22 heavy (non-hydrogen) atoms. The molecule has 0 aliphatic heterocycles. The van der Waals surface area contributed by atoms with Crippen molar-refractivity contribution in [3.63, 3.8) is 0 Å². The van der Waals surface area contributed by atoms with Crippen LogP contribution in [0.4, 0.5) is 5.69 Å². The van der Waals surface area contributed by atoms with Crippen molar-refractivity contribution in [3.8, 4) is 0 Å². The maximum absolute atomic E-state index is 12.2. The topological polar surface area (TPSA) is 105 Å². The summed E-state index contributed by atoms with van der Waals surface area (Å²) in [7, 11) is 1.36. The predicted molar refractivity (Wildman–Crippen MR) is 80.7 cm³/mol. The van der Waals surface area contributed by atoms with Crippen LogP contribution in [0.5, 0.6) is 0 Å². The highest BCUT2D eigenvalue weighted by Crippen LogP contribution is 2.13. The normalized spacial score (nSPS) is 13.0. The van der Waals surface area contributed by atoms with Gasteiger partial charge in [0, 0.05) is 24.8 Å². The summed E-state index contributed by atoms with van der Waals surface area (Å²) in [5.41, 5.74) is -0.810. The molecule has 1 atom stereocenters. The molecule has 1 aromatic rings. The molecule has 0 aromatic heterocycles. The zero-order valence-electron chi connectivity index (χ0n) is 12.8. The molecule has 120 valence electrons. The Hall–Kier alpha value is -2.41. The summed E-state index contributed by atoms with van der Waals surface area (Å²) in [5, 5.41) is 14.3. The largest absolute Gasteiger partial charge is 0.479 e. The number of anilines is 1. The number of hydrogen-bond donors (Lipinski definition) is 3. The van der Waals surface area contributed by atoms with Gasteiger partial charge in [-0.15, -0.1) is 0 Å². The molecule has 0 heterocycles. The van der Waals surface area contributed by atoms with Gasteiger partial charge in [-0.1, -0.05) is 13.0 Å². The van der Waals surface area contributed by atoms with Gasteiger partial charge in [0.15, 0.2) is 5.54 Å². The lowest BCUT2D eigenvalue weighted by atomic mass is 10.0. The zero-order chi connectivity index (χ0) is 16.8. The first-order chi connectivity index (χ1) is 10.3. The van der Waals surface area contributed by atoms with Gasteiger partial charge in [0.25, 0.3) is 5.91 Å². The number of carbonyl (C=O) groups is 3. The molecule has 0 saturated heterocycles. The van der Waals surface area contributed by atoms with Crippen molar-refractivity contribution in [2.75, 3.05) is 19.0 Å². The lowest BCUT2D eigenvalue weighted by molar-refractivity contribution is -0.145. The molecule has 3 N–H and O–H groups in total. The van der Waals surface area contributed by atoms with Crippen LogP contribution in [-0.4, -0.2) is 42.1 Å². The first-order valence-electron chi connectivity index (χ1n) is 6.77. The molecule has 0 bridgehead atoms. The molecule has 0 spiro atoms.